The molecule has 0 heterocycles. The fourth-order valence-corrected chi connectivity index (χ4v) is 1.87. The first-order chi connectivity index (χ1) is 10.3. The molecule has 0 saturated carbocycles. The zero-order chi connectivity index (χ0) is 17.1. The van der Waals surface area contributed by atoms with Crippen molar-refractivity contribution in [3.8, 4) is 0 Å². The Kier molecular flexibility index (Phi) is 9.76. The van der Waals surface area contributed by atoms with Gasteiger partial charge < -0.3 is 10.2 Å². The lowest BCUT2D eigenvalue weighted by Crippen LogP contribution is -2.05. The summed E-state index contributed by atoms with van der Waals surface area (Å²) in [5.74, 6) is 0. The average Bonchev–Trinajstić information content (AvgIpc) is 2.47. The van der Waals surface area contributed by atoms with Crippen LogP contribution in [0, 0.1) is 0 Å². The molecule has 0 aromatic carbocycles. The Morgan fingerprint density at radius 1 is 0.889 bits per heavy atom. The molecular formula is C16H34O2. The van der Waals surface area contributed by atoms with E-state index in [2.05, 4.69) is 0 Å². The van der Waals surface area contributed by atoms with Gasteiger partial charge in [0.25, 0.3) is 0 Å². The van der Waals surface area contributed by atoms with Crippen molar-refractivity contribution in [2.75, 3.05) is 6.61 Å². The molecule has 0 aliphatic carbocycles. The van der Waals surface area contributed by atoms with Crippen LogP contribution in [0.3, 0.4) is 0 Å². The highest BCUT2D eigenvalue weighted by atomic mass is 16.3. The van der Waals surface area contributed by atoms with E-state index in [-0.39, 0.29) is 13.0 Å². The number of aliphatic hydroxyl groups is 2. The molecule has 0 aliphatic heterocycles. The van der Waals surface area contributed by atoms with Gasteiger partial charge in [-0.05, 0) is 19.2 Å². The molecule has 0 aromatic rings. The summed E-state index contributed by atoms with van der Waals surface area (Å²) in [6.07, 6.45) is 3.22. The molecule has 110 valence electrons. The Hall–Kier alpha value is -0.0800. The lowest BCUT2D eigenvalue weighted by molar-refractivity contribution is 0.148. The van der Waals surface area contributed by atoms with Crippen LogP contribution in [0.5, 0.6) is 0 Å². The number of unbranched alkanes of at least 4 members (excludes halogenated alkanes) is 7. The molecule has 0 unspecified atom stereocenters. The molecule has 2 N–H and O–H groups in total. The molecule has 0 fully saturated rings. The van der Waals surface area contributed by atoms with Crippen LogP contribution < -0.4 is 0 Å². The summed E-state index contributed by atoms with van der Waals surface area (Å²) in [5, 5.41) is 18.6. The van der Waals surface area contributed by atoms with E-state index in [1.54, 1.807) is 0 Å². The van der Waals surface area contributed by atoms with Crippen LogP contribution >= 0.6 is 0 Å². The van der Waals surface area contributed by atoms with Gasteiger partial charge in [0, 0.05) is 12.1 Å². The lowest BCUT2D eigenvalue weighted by Gasteiger charge is -2.09. The highest BCUT2D eigenvalue weighted by Crippen LogP contribution is 2.13. The van der Waals surface area contributed by atoms with Gasteiger partial charge in [-0.2, -0.15) is 0 Å². The van der Waals surface area contributed by atoms with Gasteiger partial charge in [0.2, 0.25) is 0 Å². The molecule has 0 saturated heterocycles. The molecule has 0 amide bonds. The van der Waals surface area contributed by atoms with Crippen LogP contribution in [-0.2, 0) is 0 Å². The quantitative estimate of drug-likeness (QED) is 0.455. The zero-order valence-electron chi connectivity index (χ0n) is 16.0. The van der Waals surface area contributed by atoms with E-state index >= 15 is 0 Å². The lowest BCUT2D eigenvalue weighted by atomic mass is 10.0. The van der Waals surface area contributed by atoms with Crippen molar-refractivity contribution in [1.82, 2.24) is 0 Å². The summed E-state index contributed by atoms with van der Waals surface area (Å²) in [6, 6.07) is 0. The fraction of sp³-hybridized carbons (Fsp3) is 1.00. The summed E-state index contributed by atoms with van der Waals surface area (Å²) in [6.45, 7) is 2.22. The Bertz CT molecular complexity index is 273. The molecule has 18 heavy (non-hydrogen) atoms. The smallest absolute Gasteiger partial charge is 0.0540 e. The average molecular weight is 262 g/mol. The summed E-state index contributed by atoms with van der Waals surface area (Å²) >= 11 is 0. The minimum atomic E-state index is -2.19. The molecule has 0 spiro atoms. The van der Waals surface area contributed by atoms with Crippen molar-refractivity contribution in [3.63, 3.8) is 0 Å². The monoisotopic (exact) mass is 262 g/mol. The predicted octanol–water partition coefficient (Wildman–Crippen LogP) is 4.43. The van der Waals surface area contributed by atoms with Gasteiger partial charge >= 0.3 is 0 Å². The van der Waals surface area contributed by atoms with Gasteiger partial charge in [0.05, 0.1) is 6.10 Å². The maximum atomic E-state index is 9.93. The van der Waals surface area contributed by atoms with Crippen molar-refractivity contribution in [1.29, 1.82) is 0 Å². The minimum Gasteiger partial charge on any atom is -0.396 e. The van der Waals surface area contributed by atoms with Crippen molar-refractivity contribution >= 4 is 0 Å². The summed E-state index contributed by atoms with van der Waals surface area (Å²) in [4.78, 5) is 0. The van der Waals surface area contributed by atoms with Crippen molar-refractivity contribution in [2.24, 2.45) is 0 Å². The third-order valence-electron chi connectivity index (χ3n) is 3.06. The molecular weight excluding hydrogens is 224 g/mol. The van der Waals surface area contributed by atoms with E-state index in [1.807, 2.05) is 6.92 Å². The highest BCUT2D eigenvalue weighted by molar-refractivity contribution is 4.56. The summed E-state index contributed by atoms with van der Waals surface area (Å²) in [5.41, 5.74) is 0. The van der Waals surface area contributed by atoms with Crippen molar-refractivity contribution in [3.05, 3.63) is 0 Å². The third kappa shape index (κ3) is 14.0. The molecule has 2 nitrogen and oxygen atoms in total. The minimum absolute atomic E-state index is 0.153. The molecule has 0 bridgehead atoms. The first kappa shape index (κ1) is 11.7. The van der Waals surface area contributed by atoms with E-state index < -0.39 is 18.8 Å². The second kappa shape index (κ2) is 15.0. The first-order valence-electron chi connectivity index (χ1n) is 9.58. The van der Waals surface area contributed by atoms with Gasteiger partial charge in [0.1, 0.15) is 0 Å². The summed E-state index contributed by atoms with van der Waals surface area (Å²) < 4.78 is 31.8. The number of rotatable bonds is 14. The van der Waals surface area contributed by atoms with Gasteiger partial charge in [-0.3, -0.25) is 0 Å². The molecule has 2 heteroatoms. The zero-order valence-corrected chi connectivity index (χ0v) is 12.0. The van der Waals surface area contributed by atoms with E-state index in [9.17, 15) is 5.11 Å². The second-order valence-electron chi connectivity index (χ2n) is 4.93. The SMILES string of the molecule is [2H]C([2H])(CCCCCCCCCO)C([2H])([2H])[C@H](O)CCCC. The Labute approximate surface area is 119 Å². The summed E-state index contributed by atoms with van der Waals surface area (Å²) in [7, 11) is 0. The highest BCUT2D eigenvalue weighted by Gasteiger charge is 2.02. The predicted molar refractivity (Wildman–Crippen MR) is 78.8 cm³/mol. The maximum absolute atomic E-state index is 9.93. The largest absolute Gasteiger partial charge is 0.396 e. The van der Waals surface area contributed by atoms with Crippen LogP contribution in [0.25, 0.3) is 0 Å². The van der Waals surface area contributed by atoms with Gasteiger partial charge in [-0.1, -0.05) is 71.1 Å². The van der Waals surface area contributed by atoms with E-state index in [0.717, 1.165) is 44.9 Å². The van der Waals surface area contributed by atoms with E-state index in [1.165, 1.54) is 0 Å². The molecule has 0 aromatic heterocycles. The van der Waals surface area contributed by atoms with Crippen molar-refractivity contribution in [2.45, 2.75) is 96.4 Å². The van der Waals surface area contributed by atoms with Crippen LogP contribution in [0.4, 0.5) is 0 Å². The number of hydrogen-bond acceptors (Lipinski definition) is 2. The van der Waals surface area contributed by atoms with Crippen molar-refractivity contribution < 1.29 is 15.7 Å². The molecule has 0 aliphatic rings. The van der Waals surface area contributed by atoms with Crippen LogP contribution in [-0.4, -0.2) is 22.9 Å². The molecule has 0 radical (unpaired) electrons. The third-order valence-corrected chi connectivity index (χ3v) is 3.06. The normalized spacial score (nSPS) is 17.7. The topological polar surface area (TPSA) is 40.5 Å². The molecule has 0 rings (SSSR count). The van der Waals surface area contributed by atoms with Gasteiger partial charge in [0.15, 0.2) is 0 Å². The van der Waals surface area contributed by atoms with E-state index in [4.69, 9.17) is 10.6 Å². The Balaban J connectivity index is 4.00. The van der Waals surface area contributed by atoms with Crippen LogP contribution in [0.15, 0.2) is 0 Å². The Morgan fingerprint density at radius 2 is 1.44 bits per heavy atom. The Morgan fingerprint density at radius 3 is 2.00 bits per heavy atom. The second-order valence-corrected chi connectivity index (χ2v) is 4.93. The van der Waals surface area contributed by atoms with E-state index in [0.29, 0.717) is 19.3 Å². The number of aliphatic hydroxyl groups excluding tert-OH is 2. The van der Waals surface area contributed by atoms with Crippen LogP contribution in [0.1, 0.15) is 95.8 Å². The standard InChI is InChI=1S/C16H34O2/c1-2-3-13-16(18)14-11-9-7-5-4-6-8-10-12-15-17/h16-18H,2-15H2,1H3/t16-/m1/s1/i11D2,14D2. The first-order valence-corrected chi connectivity index (χ1v) is 7.58. The fourth-order valence-electron chi connectivity index (χ4n) is 1.87. The molecule has 1 atom stereocenters. The van der Waals surface area contributed by atoms with Gasteiger partial charge in [-0.15, -0.1) is 0 Å². The maximum Gasteiger partial charge on any atom is 0.0540 e. The van der Waals surface area contributed by atoms with Gasteiger partial charge in [-0.25, -0.2) is 0 Å². The number of hydrogen-bond donors (Lipinski definition) is 2. The van der Waals surface area contributed by atoms with Crippen LogP contribution in [0.2, 0.25) is 0 Å².